The van der Waals surface area contributed by atoms with E-state index in [4.69, 9.17) is 9.47 Å². The summed E-state index contributed by atoms with van der Waals surface area (Å²) >= 11 is 0. The van der Waals surface area contributed by atoms with E-state index in [-0.39, 0.29) is 18.2 Å². The molecule has 0 aromatic carbocycles. The number of fused-ring (bicyclic) bond motifs is 1. The average molecular weight is 359 g/mol. The number of ether oxygens (including phenoxy) is 2. The van der Waals surface area contributed by atoms with Crippen LogP contribution in [0.1, 0.15) is 44.1 Å². The quantitative estimate of drug-likeness (QED) is 0.901. The van der Waals surface area contributed by atoms with Gasteiger partial charge in [-0.25, -0.2) is 9.78 Å². The summed E-state index contributed by atoms with van der Waals surface area (Å²) in [5.41, 5.74) is 1.15. The zero-order chi connectivity index (χ0) is 17.9. The zero-order valence-corrected chi connectivity index (χ0v) is 15.5. The van der Waals surface area contributed by atoms with Crippen LogP contribution in [0.5, 0.6) is 5.88 Å². The molecule has 2 saturated heterocycles. The lowest BCUT2D eigenvalue weighted by Crippen LogP contribution is -2.52. The van der Waals surface area contributed by atoms with Crippen LogP contribution in [0, 0.1) is 12.8 Å². The van der Waals surface area contributed by atoms with Crippen molar-refractivity contribution in [2.75, 3.05) is 19.7 Å². The summed E-state index contributed by atoms with van der Waals surface area (Å²) in [4.78, 5) is 18.9. The number of hydrogen-bond donors (Lipinski definition) is 1. The Labute approximate surface area is 155 Å². The molecular weight excluding hydrogens is 330 g/mol. The molecule has 1 aromatic rings. The van der Waals surface area contributed by atoms with Crippen molar-refractivity contribution in [3.63, 3.8) is 0 Å². The molecule has 6 heteroatoms. The normalized spacial score (nSPS) is 29.3. The molecular formula is C20H29N3O3. The summed E-state index contributed by atoms with van der Waals surface area (Å²) in [7, 11) is 0. The maximum absolute atomic E-state index is 12.7. The second-order valence-corrected chi connectivity index (χ2v) is 7.82. The molecule has 26 heavy (non-hydrogen) atoms. The first-order chi connectivity index (χ1) is 12.7. The van der Waals surface area contributed by atoms with Gasteiger partial charge in [0, 0.05) is 56.8 Å². The summed E-state index contributed by atoms with van der Waals surface area (Å²) < 4.78 is 11.8. The molecule has 1 aromatic heterocycles. The lowest BCUT2D eigenvalue weighted by atomic mass is 9.82. The standard InChI is InChI=1S/C20H29N3O3/c1-14-5-9-21-19(13-14)26-15-6-10-23(11-7-15)20(24)22-17-3-2-4-18-16(17)8-12-25-18/h5,9,13,15-18H,2-4,6-8,10-12H2,1H3,(H,22,24). The van der Waals surface area contributed by atoms with Gasteiger partial charge in [-0.15, -0.1) is 0 Å². The highest BCUT2D eigenvalue weighted by Gasteiger charge is 2.39. The topological polar surface area (TPSA) is 63.7 Å². The van der Waals surface area contributed by atoms with Crippen molar-refractivity contribution in [1.29, 1.82) is 0 Å². The van der Waals surface area contributed by atoms with Crippen molar-refractivity contribution in [2.45, 2.75) is 63.7 Å². The molecule has 3 atom stereocenters. The van der Waals surface area contributed by atoms with Crippen LogP contribution >= 0.6 is 0 Å². The largest absolute Gasteiger partial charge is 0.474 e. The van der Waals surface area contributed by atoms with Crippen LogP contribution in [-0.4, -0.2) is 53.9 Å². The van der Waals surface area contributed by atoms with Gasteiger partial charge in [0.25, 0.3) is 0 Å². The van der Waals surface area contributed by atoms with Crippen molar-refractivity contribution in [1.82, 2.24) is 15.2 Å². The monoisotopic (exact) mass is 359 g/mol. The van der Waals surface area contributed by atoms with Crippen LogP contribution in [-0.2, 0) is 4.74 Å². The summed E-state index contributed by atoms with van der Waals surface area (Å²) in [6, 6.07) is 4.27. The Bertz CT molecular complexity index is 630. The van der Waals surface area contributed by atoms with Gasteiger partial charge in [0.05, 0.1) is 6.10 Å². The second kappa shape index (κ2) is 7.82. The van der Waals surface area contributed by atoms with Gasteiger partial charge < -0.3 is 19.7 Å². The molecule has 0 radical (unpaired) electrons. The summed E-state index contributed by atoms with van der Waals surface area (Å²) in [5, 5.41) is 3.29. The lowest BCUT2D eigenvalue weighted by Gasteiger charge is -2.37. The molecule has 4 rings (SSSR count). The molecule has 1 saturated carbocycles. The van der Waals surface area contributed by atoms with Crippen molar-refractivity contribution in [3.05, 3.63) is 23.9 Å². The Morgan fingerprint density at radius 3 is 2.92 bits per heavy atom. The molecule has 6 nitrogen and oxygen atoms in total. The SMILES string of the molecule is Cc1ccnc(OC2CCN(C(=O)NC3CCCC4OCCC34)CC2)c1. The minimum atomic E-state index is 0.0784. The number of hydrogen-bond acceptors (Lipinski definition) is 4. The maximum atomic E-state index is 12.7. The van der Waals surface area contributed by atoms with Crippen molar-refractivity contribution in [3.8, 4) is 5.88 Å². The number of nitrogens with zero attached hydrogens (tertiary/aromatic N) is 2. The number of carbonyl (C=O) groups is 1. The molecule has 2 aliphatic heterocycles. The predicted molar refractivity (Wildman–Crippen MR) is 98.2 cm³/mol. The van der Waals surface area contributed by atoms with Crippen LogP contribution < -0.4 is 10.1 Å². The summed E-state index contributed by atoms with van der Waals surface area (Å²) in [6.07, 6.45) is 8.41. The number of aryl methyl sites for hydroxylation is 1. The summed E-state index contributed by atoms with van der Waals surface area (Å²) in [5.74, 6) is 1.18. The van der Waals surface area contributed by atoms with Crippen molar-refractivity contribution < 1.29 is 14.3 Å². The smallest absolute Gasteiger partial charge is 0.317 e. The zero-order valence-electron chi connectivity index (χ0n) is 15.5. The summed E-state index contributed by atoms with van der Waals surface area (Å²) in [6.45, 7) is 4.35. The predicted octanol–water partition coefficient (Wildman–Crippen LogP) is 2.90. The van der Waals surface area contributed by atoms with Crippen LogP contribution in [0.15, 0.2) is 18.3 Å². The Morgan fingerprint density at radius 2 is 2.12 bits per heavy atom. The Balaban J connectivity index is 1.25. The Kier molecular flexibility index (Phi) is 5.29. The van der Waals surface area contributed by atoms with Crippen molar-refractivity contribution in [2.24, 2.45) is 5.92 Å². The van der Waals surface area contributed by atoms with Crippen LogP contribution in [0.2, 0.25) is 0 Å². The number of likely N-dealkylation sites (tertiary alicyclic amines) is 1. The molecule has 3 heterocycles. The molecule has 1 N–H and O–H groups in total. The van der Waals surface area contributed by atoms with E-state index in [1.807, 2.05) is 24.0 Å². The molecule has 0 bridgehead atoms. The molecule has 3 unspecified atom stereocenters. The van der Waals surface area contributed by atoms with E-state index in [0.29, 0.717) is 17.9 Å². The first kappa shape index (κ1) is 17.6. The number of urea groups is 1. The number of amides is 2. The van der Waals surface area contributed by atoms with Gasteiger partial charge in [0.15, 0.2) is 0 Å². The van der Waals surface area contributed by atoms with E-state index in [1.165, 1.54) is 0 Å². The fourth-order valence-corrected chi connectivity index (χ4v) is 4.53. The number of nitrogens with one attached hydrogen (secondary N) is 1. The minimum absolute atomic E-state index is 0.0784. The fraction of sp³-hybridized carbons (Fsp3) is 0.700. The minimum Gasteiger partial charge on any atom is -0.474 e. The van der Waals surface area contributed by atoms with Gasteiger partial charge in [-0.1, -0.05) is 0 Å². The lowest BCUT2D eigenvalue weighted by molar-refractivity contribution is 0.0525. The number of aromatic nitrogens is 1. The molecule has 142 valence electrons. The molecule has 0 spiro atoms. The number of piperidine rings is 1. The van der Waals surface area contributed by atoms with Gasteiger partial charge in [-0.05, 0) is 44.2 Å². The highest BCUT2D eigenvalue weighted by atomic mass is 16.5. The van der Waals surface area contributed by atoms with Gasteiger partial charge in [-0.3, -0.25) is 0 Å². The van der Waals surface area contributed by atoms with E-state index < -0.39 is 0 Å². The Hall–Kier alpha value is -1.82. The second-order valence-electron chi connectivity index (χ2n) is 7.82. The number of pyridine rings is 1. The number of carbonyl (C=O) groups excluding carboxylic acids is 1. The fourth-order valence-electron chi connectivity index (χ4n) is 4.53. The van der Waals surface area contributed by atoms with E-state index in [1.54, 1.807) is 6.20 Å². The first-order valence-corrected chi connectivity index (χ1v) is 9.95. The molecule has 2 amide bonds. The van der Waals surface area contributed by atoms with Crippen molar-refractivity contribution >= 4 is 6.03 Å². The van der Waals surface area contributed by atoms with Gasteiger partial charge in [0.2, 0.25) is 5.88 Å². The van der Waals surface area contributed by atoms with Crippen LogP contribution in [0.4, 0.5) is 4.79 Å². The highest BCUT2D eigenvalue weighted by Crippen LogP contribution is 2.34. The third-order valence-electron chi connectivity index (χ3n) is 6.00. The molecule has 3 fully saturated rings. The molecule has 3 aliphatic rings. The van der Waals surface area contributed by atoms with E-state index in [9.17, 15) is 4.79 Å². The van der Waals surface area contributed by atoms with E-state index in [2.05, 4.69) is 10.3 Å². The average Bonchev–Trinajstić information content (AvgIpc) is 3.12. The van der Waals surface area contributed by atoms with Crippen LogP contribution in [0.3, 0.4) is 0 Å². The third kappa shape index (κ3) is 3.95. The van der Waals surface area contributed by atoms with E-state index in [0.717, 1.165) is 63.8 Å². The number of rotatable bonds is 3. The van der Waals surface area contributed by atoms with E-state index >= 15 is 0 Å². The first-order valence-electron chi connectivity index (χ1n) is 9.95. The van der Waals surface area contributed by atoms with Gasteiger partial charge >= 0.3 is 6.03 Å². The third-order valence-corrected chi connectivity index (χ3v) is 6.00. The highest BCUT2D eigenvalue weighted by molar-refractivity contribution is 5.74. The maximum Gasteiger partial charge on any atom is 0.317 e. The van der Waals surface area contributed by atoms with Gasteiger partial charge in [0.1, 0.15) is 6.10 Å². The molecule has 1 aliphatic carbocycles. The van der Waals surface area contributed by atoms with Gasteiger partial charge in [-0.2, -0.15) is 0 Å². The van der Waals surface area contributed by atoms with Crippen LogP contribution in [0.25, 0.3) is 0 Å². The Morgan fingerprint density at radius 1 is 1.27 bits per heavy atom.